The van der Waals surface area contributed by atoms with E-state index in [4.69, 9.17) is 0 Å². The zero-order valence-corrected chi connectivity index (χ0v) is 10.2. The Balaban J connectivity index is 2.24. The lowest BCUT2D eigenvalue weighted by molar-refractivity contribution is -0.119. The Morgan fingerprint density at radius 2 is 2.18 bits per heavy atom. The summed E-state index contributed by atoms with van der Waals surface area (Å²) in [5.41, 5.74) is 0.604. The highest BCUT2D eigenvalue weighted by Crippen LogP contribution is 2.07. The molecular weight excluding hydrogens is 221 g/mol. The molecule has 0 bridgehead atoms. The lowest BCUT2D eigenvalue weighted by Gasteiger charge is -2.11. The first kappa shape index (κ1) is 13.4. The molecule has 17 heavy (non-hydrogen) atoms. The van der Waals surface area contributed by atoms with Gasteiger partial charge in [-0.25, -0.2) is 4.39 Å². The topological polar surface area (TPSA) is 44.4 Å². The molecular formula is C12H18FN3O. The molecule has 0 aliphatic rings. The molecule has 94 valence electrons. The molecule has 4 nitrogen and oxygen atoms in total. The number of benzene rings is 1. The molecule has 0 aliphatic heterocycles. The van der Waals surface area contributed by atoms with Crippen molar-refractivity contribution in [3.05, 3.63) is 30.1 Å². The van der Waals surface area contributed by atoms with Gasteiger partial charge in [0.15, 0.2) is 0 Å². The highest BCUT2D eigenvalue weighted by atomic mass is 19.1. The fourth-order valence-electron chi connectivity index (χ4n) is 1.26. The van der Waals surface area contributed by atoms with Gasteiger partial charge < -0.3 is 15.5 Å². The number of anilines is 1. The van der Waals surface area contributed by atoms with Gasteiger partial charge in [-0.1, -0.05) is 6.07 Å². The van der Waals surface area contributed by atoms with Gasteiger partial charge in [0.2, 0.25) is 5.91 Å². The number of hydrogen-bond acceptors (Lipinski definition) is 3. The Bertz CT molecular complexity index is 369. The molecule has 0 fully saturated rings. The lowest BCUT2D eigenvalue weighted by Crippen LogP contribution is -2.35. The van der Waals surface area contributed by atoms with E-state index >= 15 is 0 Å². The number of nitrogens with zero attached hydrogens (tertiary/aromatic N) is 1. The van der Waals surface area contributed by atoms with Crippen molar-refractivity contribution in [1.29, 1.82) is 0 Å². The minimum Gasteiger partial charge on any atom is -0.376 e. The molecule has 0 atom stereocenters. The highest BCUT2D eigenvalue weighted by molar-refractivity contribution is 5.80. The van der Waals surface area contributed by atoms with Crippen molar-refractivity contribution in [2.24, 2.45) is 0 Å². The van der Waals surface area contributed by atoms with Gasteiger partial charge in [0.05, 0.1) is 6.54 Å². The number of rotatable bonds is 6. The number of halogens is 1. The third-order valence-electron chi connectivity index (χ3n) is 2.16. The standard InChI is InChI=1S/C12H18FN3O/c1-16(2)7-6-14-12(17)9-15-11-5-3-4-10(13)8-11/h3-5,8,15H,6-7,9H2,1-2H3,(H,14,17). The monoisotopic (exact) mass is 239 g/mol. The first-order valence-electron chi connectivity index (χ1n) is 5.49. The summed E-state index contributed by atoms with van der Waals surface area (Å²) < 4.78 is 12.8. The van der Waals surface area contributed by atoms with Crippen molar-refractivity contribution in [2.45, 2.75) is 0 Å². The highest BCUT2D eigenvalue weighted by Gasteiger charge is 2.01. The van der Waals surface area contributed by atoms with E-state index in [-0.39, 0.29) is 18.3 Å². The van der Waals surface area contributed by atoms with Crippen molar-refractivity contribution in [3.8, 4) is 0 Å². The van der Waals surface area contributed by atoms with E-state index in [1.165, 1.54) is 12.1 Å². The van der Waals surface area contributed by atoms with Crippen LogP contribution in [0.3, 0.4) is 0 Å². The minimum absolute atomic E-state index is 0.101. The SMILES string of the molecule is CN(C)CCNC(=O)CNc1cccc(F)c1. The second kappa shape index (κ2) is 6.85. The van der Waals surface area contributed by atoms with Gasteiger partial charge in [-0.05, 0) is 32.3 Å². The number of nitrogens with one attached hydrogen (secondary N) is 2. The predicted molar refractivity (Wildman–Crippen MR) is 66.5 cm³/mol. The van der Waals surface area contributed by atoms with Crippen LogP contribution in [-0.2, 0) is 4.79 Å². The first-order chi connectivity index (χ1) is 8.08. The van der Waals surface area contributed by atoms with E-state index in [0.717, 1.165) is 6.54 Å². The molecule has 1 amide bonds. The third kappa shape index (κ3) is 5.87. The van der Waals surface area contributed by atoms with Crippen LogP contribution in [0.5, 0.6) is 0 Å². The van der Waals surface area contributed by atoms with E-state index < -0.39 is 0 Å². The Hall–Kier alpha value is -1.62. The fourth-order valence-corrected chi connectivity index (χ4v) is 1.26. The maximum atomic E-state index is 12.8. The van der Waals surface area contributed by atoms with E-state index in [0.29, 0.717) is 12.2 Å². The van der Waals surface area contributed by atoms with Crippen LogP contribution in [0.25, 0.3) is 0 Å². The lowest BCUT2D eigenvalue weighted by atomic mass is 10.3. The van der Waals surface area contributed by atoms with Gasteiger partial charge in [-0.3, -0.25) is 4.79 Å². The van der Waals surface area contributed by atoms with Crippen LogP contribution < -0.4 is 10.6 Å². The number of amides is 1. The van der Waals surface area contributed by atoms with Gasteiger partial charge in [0.1, 0.15) is 5.82 Å². The molecule has 0 saturated carbocycles. The van der Waals surface area contributed by atoms with Crippen LogP contribution in [0.1, 0.15) is 0 Å². The zero-order valence-electron chi connectivity index (χ0n) is 10.2. The van der Waals surface area contributed by atoms with Crippen molar-refractivity contribution in [2.75, 3.05) is 39.0 Å². The summed E-state index contributed by atoms with van der Waals surface area (Å²) in [7, 11) is 3.88. The van der Waals surface area contributed by atoms with Crippen molar-refractivity contribution < 1.29 is 9.18 Å². The molecule has 2 N–H and O–H groups in total. The zero-order chi connectivity index (χ0) is 12.7. The second-order valence-electron chi connectivity index (χ2n) is 4.02. The summed E-state index contributed by atoms with van der Waals surface area (Å²) in [4.78, 5) is 13.4. The smallest absolute Gasteiger partial charge is 0.239 e. The average Bonchev–Trinajstić information content (AvgIpc) is 2.26. The number of carbonyl (C=O) groups excluding carboxylic acids is 1. The third-order valence-corrected chi connectivity index (χ3v) is 2.16. The summed E-state index contributed by atoms with van der Waals surface area (Å²) in [5, 5.41) is 5.62. The molecule has 1 rings (SSSR count). The van der Waals surface area contributed by atoms with Crippen LogP contribution in [0, 0.1) is 5.82 Å². The second-order valence-corrected chi connectivity index (χ2v) is 4.02. The Kier molecular flexibility index (Phi) is 5.42. The van der Waals surface area contributed by atoms with Crippen molar-refractivity contribution in [3.63, 3.8) is 0 Å². The summed E-state index contributed by atoms with van der Waals surface area (Å²) in [6.45, 7) is 1.55. The van der Waals surface area contributed by atoms with Crippen molar-refractivity contribution >= 4 is 11.6 Å². The maximum Gasteiger partial charge on any atom is 0.239 e. The van der Waals surface area contributed by atoms with E-state index in [9.17, 15) is 9.18 Å². The number of hydrogen-bond donors (Lipinski definition) is 2. The van der Waals surface area contributed by atoms with Crippen LogP contribution in [-0.4, -0.2) is 44.5 Å². The van der Waals surface area contributed by atoms with Gasteiger partial charge in [-0.2, -0.15) is 0 Å². The molecule has 0 radical (unpaired) electrons. The van der Waals surface area contributed by atoms with E-state index in [1.54, 1.807) is 12.1 Å². The largest absolute Gasteiger partial charge is 0.376 e. The van der Waals surface area contributed by atoms with Gasteiger partial charge in [0, 0.05) is 18.8 Å². The molecule has 0 spiro atoms. The molecule has 0 aliphatic carbocycles. The Morgan fingerprint density at radius 3 is 2.82 bits per heavy atom. The Morgan fingerprint density at radius 1 is 1.41 bits per heavy atom. The average molecular weight is 239 g/mol. The van der Waals surface area contributed by atoms with Crippen LogP contribution in [0.15, 0.2) is 24.3 Å². The van der Waals surface area contributed by atoms with Gasteiger partial charge >= 0.3 is 0 Å². The van der Waals surface area contributed by atoms with E-state index in [1.807, 2.05) is 19.0 Å². The van der Waals surface area contributed by atoms with Gasteiger partial charge in [-0.15, -0.1) is 0 Å². The quantitative estimate of drug-likeness (QED) is 0.775. The van der Waals surface area contributed by atoms with E-state index in [2.05, 4.69) is 10.6 Å². The molecule has 0 aromatic heterocycles. The summed E-state index contributed by atoms with van der Waals surface area (Å²) in [6.07, 6.45) is 0. The molecule has 0 saturated heterocycles. The predicted octanol–water partition coefficient (Wildman–Crippen LogP) is 0.915. The van der Waals surface area contributed by atoms with Crippen LogP contribution >= 0.6 is 0 Å². The number of carbonyl (C=O) groups is 1. The van der Waals surface area contributed by atoms with Crippen LogP contribution in [0.4, 0.5) is 10.1 Å². The first-order valence-corrected chi connectivity index (χ1v) is 5.49. The maximum absolute atomic E-state index is 12.8. The number of likely N-dealkylation sites (N-methyl/N-ethyl adjacent to an activating group) is 1. The Labute approximate surface area is 101 Å². The minimum atomic E-state index is -0.317. The van der Waals surface area contributed by atoms with Crippen LogP contribution in [0.2, 0.25) is 0 Å². The van der Waals surface area contributed by atoms with Gasteiger partial charge in [0.25, 0.3) is 0 Å². The molecule has 0 heterocycles. The normalized spacial score (nSPS) is 10.4. The molecule has 1 aromatic carbocycles. The van der Waals surface area contributed by atoms with Crippen molar-refractivity contribution in [1.82, 2.24) is 10.2 Å². The molecule has 1 aromatic rings. The summed E-state index contributed by atoms with van der Waals surface area (Å²) in [5.74, 6) is -0.417. The molecule has 5 heteroatoms. The summed E-state index contributed by atoms with van der Waals surface area (Å²) in [6, 6.07) is 6.03. The molecule has 0 unspecified atom stereocenters. The fraction of sp³-hybridized carbons (Fsp3) is 0.417. The summed E-state index contributed by atoms with van der Waals surface area (Å²) >= 11 is 0.